The average Bonchev–Trinajstić information content (AvgIpc) is 2.61. The van der Waals surface area contributed by atoms with Gasteiger partial charge < -0.3 is 5.32 Å². The first-order valence-electron chi connectivity index (χ1n) is 7.84. The number of anilines is 1. The third kappa shape index (κ3) is 4.66. The van der Waals surface area contributed by atoms with Gasteiger partial charge >= 0.3 is 0 Å². The van der Waals surface area contributed by atoms with Gasteiger partial charge in [0.1, 0.15) is 0 Å². The fourth-order valence-corrected chi connectivity index (χ4v) is 4.02. The molecule has 0 aliphatic rings. The van der Waals surface area contributed by atoms with Crippen LogP contribution in [0.15, 0.2) is 70.2 Å². The van der Waals surface area contributed by atoms with Gasteiger partial charge in [0, 0.05) is 34.7 Å². The van der Waals surface area contributed by atoms with Crippen molar-refractivity contribution in [1.82, 2.24) is 9.71 Å². The van der Waals surface area contributed by atoms with E-state index in [2.05, 4.69) is 31.0 Å². The van der Waals surface area contributed by atoms with Crippen LogP contribution in [0.4, 0.5) is 5.69 Å². The number of nitrogens with one attached hydrogen (secondary N) is 2. The monoisotopic (exact) mass is 433 g/mol. The van der Waals surface area contributed by atoms with Crippen molar-refractivity contribution in [2.75, 3.05) is 11.9 Å². The maximum atomic E-state index is 12.2. The number of carbonyl (C=O) groups excluding carboxylic acids is 1. The molecule has 0 bridgehead atoms. The standard InChI is InChI=1S/C18H16BrN3O3S/c19-14-4-1-5-16(12-14)26(24,25)21-10-8-18(23)22-15-6-7-17-13(11-15)3-2-9-20-17/h1-7,9,11-12,21H,8,10H2,(H,22,23). The van der Waals surface area contributed by atoms with Gasteiger partial charge in [0.15, 0.2) is 0 Å². The average molecular weight is 434 g/mol. The van der Waals surface area contributed by atoms with Gasteiger partial charge in [-0.3, -0.25) is 9.78 Å². The van der Waals surface area contributed by atoms with E-state index < -0.39 is 10.0 Å². The number of benzene rings is 2. The number of nitrogens with zero attached hydrogens (tertiary/aromatic N) is 1. The van der Waals surface area contributed by atoms with E-state index in [1.54, 1.807) is 24.4 Å². The van der Waals surface area contributed by atoms with Crippen molar-refractivity contribution in [3.8, 4) is 0 Å². The van der Waals surface area contributed by atoms with Gasteiger partial charge in [-0.25, -0.2) is 13.1 Å². The summed E-state index contributed by atoms with van der Waals surface area (Å²) >= 11 is 3.24. The first kappa shape index (κ1) is 18.5. The second-order valence-corrected chi connectivity index (χ2v) is 8.25. The number of rotatable bonds is 6. The number of hydrogen-bond acceptors (Lipinski definition) is 4. The molecular weight excluding hydrogens is 418 g/mol. The second kappa shape index (κ2) is 7.94. The van der Waals surface area contributed by atoms with E-state index in [0.717, 1.165) is 10.9 Å². The summed E-state index contributed by atoms with van der Waals surface area (Å²) in [6.07, 6.45) is 1.73. The molecule has 0 atom stereocenters. The van der Waals surface area contributed by atoms with Gasteiger partial charge in [-0.1, -0.05) is 28.1 Å². The largest absolute Gasteiger partial charge is 0.326 e. The van der Waals surface area contributed by atoms with Crippen molar-refractivity contribution >= 4 is 48.5 Å². The van der Waals surface area contributed by atoms with Crippen LogP contribution in [0.2, 0.25) is 0 Å². The van der Waals surface area contributed by atoms with Gasteiger partial charge in [-0.2, -0.15) is 0 Å². The van der Waals surface area contributed by atoms with Crippen LogP contribution in [0.25, 0.3) is 10.9 Å². The molecule has 1 heterocycles. The predicted molar refractivity (Wildman–Crippen MR) is 104 cm³/mol. The van der Waals surface area contributed by atoms with Crippen LogP contribution in [0.1, 0.15) is 6.42 Å². The summed E-state index contributed by atoms with van der Waals surface area (Å²) in [5.74, 6) is -0.273. The molecule has 0 radical (unpaired) electrons. The maximum Gasteiger partial charge on any atom is 0.240 e. The Morgan fingerprint density at radius 3 is 2.73 bits per heavy atom. The molecule has 0 saturated carbocycles. The van der Waals surface area contributed by atoms with Crippen molar-refractivity contribution in [2.24, 2.45) is 0 Å². The highest BCUT2D eigenvalue weighted by Gasteiger charge is 2.14. The Bertz CT molecular complexity index is 1050. The highest BCUT2D eigenvalue weighted by atomic mass is 79.9. The fraction of sp³-hybridized carbons (Fsp3) is 0.111. The van der Waals surface area contributed by atoms with E-state index in [4.69, 9.17) is 0 Å². The summed E-state index contributed by atoms with van der Waals surface area (Å²) in [5, 5.41) is 3.68. The molecule has 3 rings (SSSR count). The molecule has 2 aromatic carbocycles. The van der Waals surface area contributed by atoms with Crippen LogP contribution in [-0.4, -0.2) is 25.9 Å². The third-order valence-corrected chi connectivity index (χ3v) is 5.59. The minimum absolute atomic E-state index is 0.00974. The molecule has 1 amide bonds. The molecule has 0 aliphatic carbocycles. The van der Waals surface area contributed by atoms with Crippen molar-refractivity contribution < 1.29 is 13.2 Å². The van der Waals surface area contributed by atoms with E-state index in [1.807, 2.05) is 24.3 Å². The first-order chi connectivity index (χ1) is 12.4. The Morgan fingerprint density at radius 2 is 1.92 bits per heavy atom. The summed E-state index contributed by atoms with van der Waals surface area (Å²) in [6, 6.07) is 15.5. The molecule has 0 saturated heterocycles. The van der Waals surface area contributed by atoms with Gasteiger partial charge in [0.2, 0.25) is 15.9 Å². The number of pyridine rings is 1. The van der Waals surface area contributed by atoms with Crippen LogP contribution in [0, 0.1) is 0 Å². The Hall–Kier alpha value is -2.29. The third-order valence-electron chi connectivity index (χ3n) is 3.64. The SMILES string of the molecule is O=C(CCNS(=O)(=O)c1cccc(Br)c1)Nc1ccc2ncccc2c1. The predicted octanol–water partition coefficient (Wildman–Crippen LogP) is 3.30. The summed E-state index contributed by atoms with van der Waals surface area (Å²) in [4.78, 5) is 16.4. The molecule has 0 spiro atoms. The Morgan fingerprint density at radius 1 is 1.08 bits per heavy atom. The number of halogens is 1. The number of amides is 1. The Labute approximate surface area is 159 Å². The zero-order valence-corrected chi connectivity index (χ0v) is 16.0. The van der Waals surface area contributed by atoms with Crippen molar-refractivity contribution in [3.63, 3.8) is 0 Å². The van der Waals surface area contributed by atoms with Crippen LogP contribution in [0.3, 0.4) is 0 Å². The number of fused-ring (bicyclic) bond motifs is 1. The van der Waals surface area contributed by atoms with Crippen LogP contribution >= 0.6 is 15.9 Å². The van der Waals surface area contributed by atoms with E-state index in [-0.39, 0.29) is 23.8 Å². The molecule has 0 unspecified atom stereocenters. The summed E-state index contributed by atoms with van der Waals surface area (Å²) in [7, 11) is -3.65. The highest BCUT2D eigenvalue weighted by Crippen LogP contribution is 2.17. The van der Waals surface area contributed by atoms with Gasteiger partial charge in [0.05, 0.1) is 10.4 Å². The van der Waals surface area contributed by atoms with E-state index >= 15 is 0 Å². The summed E-state index contributed by atoms with van der Waals surface area (Å²) < 4.78 is 27.5. The number of sulfonamides is 1. The van der Waals surface area contributed by atoms with Crippen molar-refractivity contribution in [3.05, 3.63) is 65.3 Å². The Balaban J connectivity index is 1.56. The fourth-order valence-electron chi connectivity index (χ4n) is 2.39. The van der Waals surface area contributed by atoms with E-state index in [1.165, 1.54) is 12.1 Å². The lowest BCUT2D eigenvalue weighted by Gasteiger charge is -2.08. The van der Waals surface area contributed by atoms with Gasteiger partial charge in [-0.15, -0.1) is 0 Å². The summed E-state index contributed by atoms with van der Waals surface area (Å²) in [5.41, 5.74) is 1.48. The van der Waals surface area contributed by atoms with Crippen LogP contribution < -0.4 is 10.0 Å². The molecule has 3 aromatic rings. The lowest BCUT2D eigenvalue weighted by Crippen LogP contribution is -2.27. The lowest BCUT2D eigenvalue weighted by atomic mass is 10.2. The normalized spacial score (nSPS) is 11.4. The summed E-state index contributed by atoms with van der Waals surface area (Å²) in [6.45, 7) is 0.00974. The van der Waals surface area contributed by atoms with Gasteiger partial charge in [0.25, 0.3) is 0 Å². The zero-order valence-electron chi connectivity index (χ0n) is 13.6. The molecule has 0 aliphatic heterocycles. The topological polar surface area (TPSA) is 88.2 Å². The smallest absolute Gasteiger partial charge is 0.240 e. The van der Waals surface area contributed by atoms with Crippen LogP contribution in [-0.2, 0) is 14.8 Å². The minimum atomic E-state index is -3.65. The van der Waals surface area contributed by atoms with Crippen LogP contribution in [0.5, 0.6) is 0 Å². The number of carbonyl (C=O) groups is 1. The molecule has 2 N–H and O–H groups in total. The zero-order chi connectivity index (χ0) is 18.6. The maximum absolute atomic E-state index is 12.2. The molecule has 26 heavy (non-hydrogen) atoms. The first-order valence-corrected chi connectivity index (χ1v) is 10.1. The highest BCUT2D eigenvalue weighted by molar-refractivity contribution is 9.10. The molecule has 134 valence electrons. The van der Waals surface area contributed by atoms with E-state index in [0.29, 0.717) is 10.2 Å². The second-order valence-electron chi connectivity index (χ2n) is 5.56. The van der Waals surface area contributed by atoms with Gasteiger partial charge in [-0.05, 0) is 42.5 Å². The molecule has 1 aromatic heterocycles. The minimum Gasteiger partial charge on any atom is -0.326 e. The Kier molecular flexibility index (Phi) is 5.65. The number of hydrogen-bond donors (Lipinski definition) is 2. The lowest BCUT2D eigenvalue weighted by molar-refractivity contribution is -0.116. The van der Waals surface area contributed by atoms with Crippen molar-refractivity contribution in [2.45, 2.75) is 11.3 Å². The van der Waals surface area contributed by atoms with Crippen molar-refractivity contribution in [1.29, 1.82) is 0 Å². The molecule has 8 heteroatoms. The molecular formula is C18H16BrN3O3S. The quantitative estimate of drug-likeness (QED) is 0.623. The molecule has 0 fully saturated rings. The molecule has 6 nitrogen and oxygen atoms in total. The van der Waals surface area contributed by atoms with E-state index in [9.17, 15) is 13.2 Å². The number of aromatic nitrogens is 1.